The highest BCUT2D eigenvalue weighted by Crippen LogP contribution is 2.21. The number of fused-ring (bicyclic) bond motifs is 1. The molecule has 1 unspecified atom stereocenters. The monoisotopic (exact) mass is 250 g/mol. The lowest BCUT2D eigenvalue weighted by Crippen LogP contribution is -2.35. The van der Waals surface area contributed by atoms with Crippen LogP contribution in [0.15, 0.2) is 24.3 Å². The second-order valence-electron chi connectivity index (χ2n) is 3.78. The molecule has 17 heavy (non-hydrogen) atoms. The van der Waals surface area contributed by atoms with E-state index >= 15 is 0 Å². The summed E-state index contributed by atoms with van der Waals surface area (Å²) in [4.78, 5) is 16.1. The molecule has 0 radical (unpaired) electrons. The molecule has 0 amide bonds. The number of thiazole rings is 1. The van der Waals surface area contributed by atoms with Crippen LogP contribution in [0.1, 0.15) is 5.01 Å². The number of hydrogen-bond acceptors (Lipinski definition) is 5. The van der Waals surface area contributed by atoms with Crippen LogP contribution in [0.5, 0.6) is 0 Å². The van der Waals surface area contributed by atoms with Gasteiger partial charge in [0, 0.05) is 7.11 Å². The first-order valence-electron chi connectivity index (χ1n) is 5.32. The zero-order valence-electron chi connectivity index (χ0n) is 9.55. The molecule has 1 atom stereocenters. The zero-order chi connectivity index (χ0) is 12.3. The van der Waals surface area contributed by atoms with Gasteiger partial charge < -0.3 is 10.5 Å². The third kappa shape index (κ3) is 2.88. The number of para-hydroxylation sites is 1. The number of rotatable bonds is 5. The summed E-state index contributed by atoms with van der Waals surface area (Å²) in [5, 5.41) is 0.808. The minimum absolute atomic E-state index is 0.0362. The predicted octanol–water partition coefficient (Wildman–Crippen LogP) is 1.38. The van der Waals surface area contributed by atoms with Gasteiger partial charge in [-0.1, -0.05) is 12.1 Å². The maximum Gasteiger partial charge on any atom is 0.158 e. The van der Waals surface area contributed by atoms with E-state index in [1.165, 1.54) is 18.4 Å². The maximum atomic E-state index is 11.7. The molecule has 2 rings (SSSR count). The van der Waals surface area contributed by atoms with Crippen LogP contribution in [0.25, 0.3) is 10.2 Å². The molecule has 0 saturated heterocycles. The summed E-state index contributed by atoms with van der Waals surface area (Å²) in [6, 6.07) is 7.27. The van der Waals surface area contributed by atoms with Gasteiger partial charge in [-0.3, -0.25) is 4.79 Å². The quantitative estimate of drug-likeness (QED) is 0.870. The van der Waals surface area contributed by atoms with Crippen LogP contribution in [0, 0.1) is 0 Å². The number of hydrogen-bond donors (Lipinski definition) is 1. The van der Waals surface area contributed by atoms with E-state index in [9.17, 15) is 4.79 Å². The van der Waals surface area contributed by atoms with Gasteiger partial charge in [-0.15, -0.1) is 11.3 Å². The van der Waals surface area contributed by atoms with E-state index in [1.54, 1.807) is 0 Å². The fraction of sp³-hybridized carbons (Fsp3) is 0.333. The van der Waals surface area contributed by atoms with Crippen molar-refractivity contribution in [2.24, 2.45) is 5.73 Å². The minimum Gasteiger partial charge on any atom is -0.383 e. The van der Waals surface area contributed by atoms with Crippen LogP contribution in [-0.4, -0.2) is 30.5 Å². The number of Topliss-reactive ketones (excluding diaryl/α,β-unsaturated/α-hetero) is 1. The Morgan fingerprint density at radius 2 is 2.29 bits per heavy atom. The average Bonchev–Trinajstić information content (AvgIpc) is 2.71. The molecule has 0 fully saturated rings. The molecule has 5 heteroatoms. The average molecular weight is 250 g/mol. The third-order valence-corrected chi connectivity index (χ3v) is 3.46. The van der Waals surface area contributed by atoms with Crippen molar-refractivity contribution >= 4 is 27.3 Å². The van der Waals surface area contributed by atoms with E-state index in [1.807, 2.05) is 24.3 Å². The number of ketones is 1. The van der Waals surface area contributed by atoms with Gasteiger partial charge in [-0.2, -0.15) is 0 Å². The topological polar surface area (TPSA) is 65.2 Å². The Kier molecular flexibility index (Phi) is 3.83. The number of nitrogens with zero attached hydrogens (tertiary/aromatic N) is 1. The molecule has 4 nitrogen and oxygen atoms in total. The molecule has 0 aliphatic rings. The first-order valence-corrected chi connectivity index (χ1v) is 6.14. The number of carbonyl (C=O) groups is 1. The highest BCUT2D eigenvalue weighted by atomic mass is 32.1. The summed E-state index contributed by atoms with van der Waals surface area (Å²) >= 11 is 1.53. The van der Waals surface area contributed by atoms with Crippen molar-refractivity contribution in [3.63, 3.8) is 0 Å². The molecule has 2 aromatic rings. The summed E-state index contributed by atoms with van der Waals surface area (Å²) in [5.74, 6) is -0.0362. The van der Waals surface area contributed by atoms with Crippen molar-refractivity contribution < 1.29 is 9.53 Å². The molecule has 0 aliphatic carbocycles. The van der Waals surface area contributed by atoms with Crippen molar-refractivity contribution in [3.05, 3.63) is 29.3 Å². The Balaban J connectivity index is 2.10. The second kappa shape index (κ2) is 5.35. The fourth-order valence-corrected chi connectivity index (χ4v) is 2.53. The molecule has 1 aromatic carbocycles. The van der Waals surface area contributed by atoms with Gasteiger partial charge in [0.15, 0.2) is 5.78 Å². The van der Waals surface area contributed by atoms with Gasteiger partial charge in [-0.25, -0.2) is 4.98 Å². The molecule has 90 valence electrons. The van der Waals surface area contributed by atoms with E-state index in [0.717, 1.165) is 15.2 Å². The van der Waals surface area contributed by atoms with Crippen molar-refractivity contribution in [2.45, 2.75) is 12.5 Å². The first-order chi connectivity index (χ1) is 8.20. The number of ether oxygens (including phenoxy) is 1. The van der Waals surface area contributed by atoms with Crippen LogP contribution in [0.3, 0.4) is 0 Å². The number of nitrogens with two attached hydrogens (primary N) is 1. The molecular formula is C12H14N2O2S. The van der Waals surface area contributed by atoms with Gasteiger partial charge in [0.1, 0.15) is 5.01 Å². The Bertz CT molecular complexity index is 491. The van der Waals surface area contributed by atoms with Crippen molar-refractivity contribution in [2.75, 3.05) is 13.7 Å². The second-order valence-corrected chi connectivity index (χ2v) is 4.90. The maximum absolute atomic E-state index is 11.7. The predicted molar refractivity (Wildman–Crippen MR) is 68.2 cm³/mol. The SMILES string of the molecule is COCC(N)C(=O)Cc1nc2ccccc2s1. The molecule has 0 saturated carbocycles. The Morgan fingerprint density at radius 1 is 1.53 bits per heavy atom. The zero-order valence-corrected chi connectivity index (χ0v) is 10.4. The highest BCUT2D eigenvalue weighted by Gasteiger charge is 2.15. The highest BCUT2D eigenvalue weighted by molar-refractivity contribution is 7.18. The number of benzene rings is 1. The molecule has 1 aromatic heterocycles. The summed E-state index contributed by atoms with van der Waals surface area (Å²) < 4.78 is 5.95. The van der Waals surface area contributed by atoms with Crippen LogP contribution in [-0.2, 0) is 16.0 Å². The lowest BCUT2D eigenvalue weighted by Gasteiger charge is -2.07. The van der Waals surface area contributed by atoms with Gasteiger partial charge in [0.2, 0.25) is 0 Å². The van der Waals surface area contributed by atoms with Gasteiger partial charge in [0.25, 0.3) is 0 Å². The minimum atomic E-state index is -0.563. The number of methoxy groups -OCH3 is 1. The van der Waals surface area contributed by atoms with E-state index in [0.29, 0.717) is 0 Å². The molecule has 0 spiro atoms. The van der Waals surface area contributed by atoms with Gasteiger partial charge >= 0.3 is 0 Å². The largest absolute Gasteiger partial charge is 0.383 e. The molecule has 1 heterocycles. The lowest BCUT2D eigenvalue weighted by molar-refractivity contribution is -0.120. The van der Waals surface area contributed by atoms with E-state index in [4.69, 9.17) is 10.5 Å². The molecule has 2 N–H and O–H groups in total. The number of aromatic nitrogens is 1. The molecule has 0 aliphatic heterocycles. The van der Waals surface area contributed by atoms with E-state index in [2.05, 4.69) is 4.98 Å². The smallest absolute Gasteiger partial charge is 0.158 e. The molecular weight excluding hydrogens is 236 g/mol. The Morgan fingerprint density at radius 3 is 3.00 bits per heavy atom. The van der Waals surface area contributed by atoms with E-state index in [-0.39, 0.29) is 18.8 Å². The lowest BCUT2D eigenvalue weighted by atomic mass is 10.1. The third-order valence-electron chi connectivity index (χ3n) is 2.42. The van der Waals surface area contributed by atoms with Crippen LogP contribution >= 0.6 is 11.3 Å². The summed E-state index contributed by atoms with van der Waals surface area (Å²) in [5.41, 5.74) is 6.60. The van der Waals surface area contributed by atoms with E-state index < -0.39 is 6.04 Å². The Labute approximate surface area is 103 Å². The molecule has 0 bridgehead atoms. The summed E-state index contributed by atoms with van der Waals surface area (Å²) in [7, 11) is 1.53. The van der Waals surface area contributed by atoms with Crippen molar-refractivity contribution in [1.82, 2.24) is 4.98 Å². The van der Waals surface area contributed by atoms with Gasteiger partial charge in [-0.05, 0) is 12.1 Å². The normalized spacial score (nSPS) is 12.8. The standard InChI is InChI=1S/C12H14N2O2S/c1-16-7-8(13)10(15)6-12-14-9-4-2-3-5-11(9)17-12/h2-5,8H,6-7,13H2,1H3. The fourth-order valence-electron chi connectivity index (χ4n) is 1.55. The number of carbonyl (C=O) groups excluding carboxylic acids is 1. The first kappa shape index (κ1) is 12.2. The van der Waals surface area contributed by atoms with Gasteiger partial charge in [0.05, 0.1) is 29.3 Å². The summed E-state index contributed by atoms with van der Waals surface area (Å²) in [6.45, 7) is 0.254. The van der Waals surface area contributed by atoms with Crippen LogP contribution in [0.2, 0.25) is 0 Å². The Hall–Kier alpha value is -1.30. The van der Waals surface area contributed by atoms with Crippen LogP contribution in [0.4, 0.5) is 0 Å². The van der Waals surface area contributed by atoms with Crippen molar-refractivity contribution in [1.29, 1.82) is 0 Å². The van der Waals surface area contributed by atoms with Crippen LogP contribution < -0.4 is 5.73 Å². The summed E-state index contributed by atoms with van der Waals surface area (Å²) in [6.07, 6.45) is 0.282. The van der Waals surface area contributed by atoms with Crippen molar-refractivity contribution in [3.8, 4) is 0 Å².